The molecule has 1 aromatic carbocycles. The van der Waals surface area contributed by atoms with Crippen LogP contribution in [0.25, 0.3) is 0 Å². The highest BCUT2D eigenvalue weighted by molar-refractivity contribution is 6.09. The lowest BCUT2D eigenvalue weighted by molar-refractivity contribution is -0.384. The Bertz CT molecular complexity index is 833. The Hall–Kier alpha value is -3.03. The van der Waals surface area contributed by atoms with Gasteiger partial charge in [-0.15, -0.1) is 0 Å². The van der Waals surface area contributed by atoms with Crippen molar-refractivity contribution in [1.29, 1.82) is 0 Å². The van der Waals surface area contributed by atoms with Crippen LogP contribution in [0.3, 0.4) is 0 Å². The van der Waals surface area contributed by atoms with Gasteiger partial charge in [0.2, 0.25) is 11.7 Å². The van der Waals surface area contributed by atoms with Crippen LogP contribution < -0.4 is 9.47 Å². The molecule has 0 N–H and O–H groups in total. The molecular weight excluding hydrogens is 326 g/mol. The number of aromatic nitrogens is 2. The van der Waals surface area contributed by atoms with Gasteiger partial charge >= 0.3 is 6.01 Å². The summed E-state index contributed by atoms with van der Waals surface area (Å²) < 4.78 is 10.3. The zero-order valence-electron chi connectivity index (χ0n) is 14.7. The van der Waals surface area contributed by atoms with Crippen molar-refractivity contribution in [2.75, 3.05) is 14.2 Å². The van der Waals surface area contributed by atoms with Gasteiger partial charge in [0.15, 0.2) is 0 Å². The minimum atomic E-state index is -0.533. The summed E-state index contributed by atoms with van der Waals surface area (Å²) in [6.45, 7) is 5.45. The van der Waals surface area contributed by atoms with Gasteiger partial charge in [-0.1, -0.05) is 13.8 Å². The maximum Gasteiger partial charge on any atom is 0.320 e. The van der Waals surface area contributed by atoms with Crippen molar-refractivity contribution in [1.82, 2.24) is 9.97 Å². The van der Waals surface area contributed by atoms with Gasteiger partial charge in [-0.05, 0) is 24.5 Å². The first-order chi connectivity index (χ1) is 11.8. The molecule has 1 aromatic heterocycles. The van der Waals surface area contributed by atoms with Crippen LogP contribution in [0.4, 0.5) is 5.69 Å². The minimum Gasteiger partial charge on any atom is -0.481 e. The molecule has 0 atom stereocenters. The average molecular weight is 345 g/mol. The molecule has 0 fully saturated rings. The first-order valence-electron chi connectivity index (χ1n) is 7.59. The Labute approximate surface area is 145 Å². The van der Waals surface area contributed by atoms with E-state index in [-0.39, 0.29) is 34.8 Å². The molecule has 0 unspecified atom stereocenters. The van der Waals surface area contributed by atoms with E-state index in [0.29, 0.717) is 11.1 Å². The topological polar surface area (TPSA) is 104 Å². The summed E-state index contributed by atoms with van der Waals surface area (Å²) >= 11 is 0. The third-order valence-corrected chi connectivity index (χ3v) is 3.59. The lowest BCUT2D eigenvalue weighted by atomic mass is 9.96. The third-order valence-electron chi connectivity index (χ3n) is 3.59. The van der Waals surface area contributed by atoms with Crippen LogP contribution in [0.15, 0.2) is 18.2 Å². The molecule has 0 amide bonds. The number of hydrogen-bond donors (Lipinski definition) is 0. The Kier molecular flexibility index (Phi) is 5.31. The predicted molar refractivity (Wildman–Crippen MR) is 90.5 cm³/mol. The molecule has 0 saturated heterocycles. The number of hydrogen-bond acceptors (Lipinski definition) is 7. The van der Waals surface area contributed by atoms with E-state index >= 15 is 0 Å². The summed E-state index contributed by atoms with van der Waals surface area (Å²) in [6, 6.07) is 4.22. The standard InChI is InChI=1S/C17H19N3O5/c1-9(2)13-14(18-17(25-5)19-16(13)24-4)15(21)11-6-10(3)7-12(8-11)20(22)23/h6-9H,1-5H3. The van der Waals surface area contributed by atoms with Crippen molar-refractivity contribution in [2.24, 2.45) is 0 Å². The van der Waals surface area contributed by atoms with E-state index in [1.165, 1.54) is 26.4 Å². The van der Waals surface area contributed by atoms with Crippen LogP contribution in [0, 0.1) is 17.0 Å². The second-order valence-corrected chi connectivity index (χ2v) is 5.78. The van der Waals surface area contributed by atoms with E-state index in [9.17, 15) is 14.9 Å². The Morgan fingerprint density at radius 2 is 1.84 bits per heavy atom. The first kappa shape index (κ1) is 18.3. The number of aryl methyl sites for hydroxylation is 1. The van der Waals surface area contributed by atoms with Crippen LogP contribution >= 0.6 is 0 Å². The molecule has 132 valence electrons. The second-order valence-electron chi connectivity index (χ2n) is 5.78. The fraction of sp³-hybridized carbons (Fsp3) is 0.353. The molecule has 0 spiro atoms. The Morgan fingerprint density at radius 1 is 1.16 bits per heavy atom. The number of methoxy groups -OCH3 is 2. The van der Waals surface area contributed by atoms with Crippen LogP contribution in [0.2, 0.25) is 0 Å². The maximum absolute atomic E-state index is 13.0. The summed E-state index contributed by atoms with van der Waals surface area (Å²) in [7, 11) is 2.83. The number of nitrogens with zero attached hydrogens (tertiary/aromatic N) is 3. The quantitative estimate of drug-likeness (QED) is 0.450. The number of ether oxygens (including phenoxy) is 2. The van der Waals surface area contributed by atoms with Crippen molar-refractivity contribution in [3.05, 3.63) is 50.7 Å². The lowest BCUT2D eigenvalue weighted by Crippen LogP contribution is -2.14. The number of carbonyl (C=O) groups is 1. The van der Waals surface area contributed by atoms with E-state index in [4.69, 9.17) is 9.47 Å². The van der Waals surface area contributed by atoms with Gasteiger partial charge in [-0.3, -0.25) is 14.9 Å². The molecule has 2 rings (SSSR count). The highest BCUT2D eigenvalue weighted by Gasteiger charge is 2.25. The molecule has 0 saturated carbocycles. The molecule has 25 heavy (non-hydrogen) atoms. The van der Waals surface area contributed by atoms with Gasteiger partial charge in [0.1, 0.15) is 5.69 Å². The monoisotopic (exact) mass is 345 g/mol. The number of non-ortho nitro benzene ring substituents is 1. The zero-order chi connectivity index (χ0) is 18.7. The van der Waals surface area contributed by atoms with E-state index < -0.39 is 10.7 Å². The summed E-state index contributed by atoms with van der Waals surface area (Å²) in [5, 5.41) is 11.1. The number of ketones is 1. The molecule has 0 aliphatic heterocycles. The van der Waals surface area contributed by atoms with Gasteiger partial charge in [-0.25, -0.2) is 0 Å². The van der Waals surface area contributed by atoms with Crippen molar-refractivity contribution in [3.63, 3.8) is 0 Å². The summed E-state index contributed by atoms with van der Waals surface area (Å²) in [5.74, 6) is -0.304. The predicted octanol–water partition coefficient (Wildman–Crippen LogP) is 3.06. The van der Waals surface area contributed by atoms with E-state index in [2.05, 4.69) is 9.97 Å². The van der Waals surface area contributed by atoms with Crippen LogP contribution in [-0.2, 0) is 0 Å². The maximum atomic E-state index is 13.0. The number of carbonyl (C=O) groups excluding carboxylic acids is 1. The van der Waals surface area contributed by atoms with Crippen LogP contribution in [-0.4, -0.2) is 34.9 Å². The van der Waals surface area contributed by atoms with Gasteiger partial charge < -0.3 is 9.47 Å². The van der Waals surface area contributed by atoms with Crippen molar-refractivity contribution < 1.29 is 19.2 Å². The highest BCUT2D eigenvalue weighted by atomic mass is 16.6. The molecule has 0 aliphatic carbocycles. The number of nitro groups is 1. The Morgan fingerprint density at radius 3 is 2.36 bits per heavy atom. The molecule has 0 radical (unpaired) electrons. The largest absolute Gasteiger partial charge is 0.481 e. The van der Waals surface area contributed by atoms with E-state index in [1.54, 1.807) is 13.0 Å². The minimum absolute atomic E-state index is 0.00764. The molecule has 2 aromatic rings. The summed E-state index contributed by atoms with van der Waals surface area (Å²) in [6.07, 6.45) is 0. The lowest BCUT2D eigenvalue weighted by Gasteiger charge is -2.15. The SMILES string of the molecule is COc1nc(OC)c(C(C)C)c(C(=O)c2cc(C)cc([N+](=O)[O-])c2)n1. The van der Waals surface area contributed by atoms with Gasteiger partial charge in [-0.2, -0.15) is 9.97 Å². The molecule has 0 bridgehead atoms. The van der Waals surface area contributed by atoms with Crippen molar-refractivity contribution in [3.8, 4) is 11.9 Å². The summed E-state index contributed by atoms with van der Waals surface area (Å²) in [4.78, 5) is 31.8. The normalized spacial score (nSPS) is 10.6. The third kappa shape index (κ3) is 3.73. The second kappa shape index (κ2) is 7.25. The van der Waals surface area contributed by atoms with E-state index in [1.807, 2.05) is 13.8 Å². The zero-order valence-corrected chi connectivity index (χ0v) is 14.7. The fourth-order valence-electron chi connectivity index (χ4n) is 2.51. The van der Waals surface area contributed by atoms with Gasteiger partial charge in [0.25, 0.3) is 5.69 Å². The average Bonchev–Trinajstić information content (AvgIpc) is 2.58. The highest BCUT2D eigenvalue weighted by Crippen LogP contribution is 2.31. The summed E-state index contributed by atoms with van der Waals surface area (Å²) in [5.41, 5.74) is 1.27. The van der Waals surface area contributed by atoms with Crippen molar-refractivity contribution in [2.45, 2.75) is 26.7 Å². The number of benzene rings is 1. The fourth-order valence-corrected chi connectivity index (χ4v) is 2.51. The molecular formula is C17H19N3O5. The van der Waals surface area contributed by atoms with Crippen LogP contribution in [0.1, 0.15) is 46.9 Å². The van der Waals surface area contributed by atoms with Crippen LogP contribution in [0.5, 0.6) is 11.9 Å². The molecule has 8 nitrogen and oxygen atoms in total. The first-order valence-corrected chi connectivity index (χ1v) is 7.59. The molecule has 1 heterocycles. The Balaban J connectivity index is 2.68. The molecule has 0 aliphatic rings. The number of nitro benzene ring substituents is 1. The van der Waals surface area contributed by atoms with Gasteiger partial charge in [0.05, 0.1) is 19.1 Å². The van der Waals surface area contributed by atoms with Crippen molar-refractivity contribution >= 4 is 11.5 Å². The van der Waals surface area contributed by atoms with Gasteiger partial charge in [0, 0.05) is 23.3 Å². The smallest absolute Gasteiger partial charge is 0.320 e. The number of rotatable bonds is 6. The van der Waals surface area contributed by atoms with E-state index in [0.717, 1.165) is 0 Å². The molecule has 8 heteroatoms.